The second kappa shape index (κ2) is 9.42. The number of hydrogen-bond acceptors (Lipinski definition) is 6. The van der Waals surface area contributed by atoms with E-state index >= 15 is 0 Å². The summed E-state index contributed by atoms with van der Waals surface area (Å²) < 4.78 is 16.0. The molecular formula is C19H29NO5. The number of esters is 2. The van der Waals surface area contributed by atoms with Crippen molar-refractivity contribution < 1.29 is 23.8 Å². The lowest BCUT2D eigenvalue weighted by Crippen LogP contribution is -2.37. The standard InChI is InChI=1S/C19H29NO5/c1-7-23-18(22)17(20-12-16(21)25-19(4,5)6)14-8-10-15(11-9-14)24-13(2)3/h8-11,13,17,20H,7,12H2,1-6H3. The van der Waals surface area contributed by atoms with E-state index in [0.29, 0.717) is 11.3 Å². The predicted molar refractivity (Wildman–Crippen MR) is 95.4 cm³/mol. The third-order valence-corrected chi connectivity index (χ3v) is 2.98. The highest BCUT2D eigenvalue weighted by Gasteiger charge is 2.24. The van der Waals surface area contributed by atoms with Gasteiger partial charge in [0.25, 0.3) is 0 Å². The van der Waals surface area contributed by atoms with Gasteiger partial charge in [-0.1, -0.05) is 12.1 Å². The van der Waals surface area contributed by atoms with Gasteiger partial charge in [-0.05, 0) is 59.2 Å². The topological polar surface area (TPSA) is 73.9 Å². The Balaban J connectivity index is 2.82. The molecule has 1 aromatic rings. The van der Waals surface area contributed by atoms with Gasteiger partial charge >= 0.3 is 11.9 Å². The summed E-state index contributed by atoms with van der Waals surface area (Å²) in [6.45, 7) is 11.2. The fourth-order valence-electron chi connectivity index (χ4n) is 2.14. The van der Waals surface area contributed by atoms with Gasteiger partial charge in [-0.25, -0.2) is 4.79 Å². The van der Waals surface area contributed by atoms with Crippen LogP contribution in [0.4, 0.5) is 0 Å². The number of hydrogen-bond donors (Lipinski definition) is 1. The van der Waals surface area contributed by atoms with Gasteiger partial charge in [0.1, 0.15) is 17.4 Å². The van der Waals surface area contributed by atoms with Crippen molar-refractivity contribution in [3.05, 3.63) is 29.8 Å². The van der Waals surface area contributed by atoms with Crippen LogP contribution in [0.1, 0.15) is 53.1 Å². The minimum Gasteiger partial charge on any atom is -0.491 e. The molecule has 0 fully saturated rings. The van der Waals surface area contributed by atoms with Crippen molar-refractivity contribution in [2.24, 2.45) is 0 Å². The molecule has 1 N–H and O–H groups in total. The van der Waals surface area contributed by atoms with Crippen molar-refractivity contribution in [2.75, 3.05) is 13.2 Å². The van der Waals surface area contributed by atoms with Crippen LogP contribution in [0.25, 0.3) is 0 Å². The summed E-state index contributed by atoms with van der Waals surface area (Å²) in [7, 11) is 0. The van der Waals surface area contributed by atoms with E-state index < -0.39 is 23.6 Å². The van der Waals surface area contributed by atoms with Crippen molar-refractivity contribution in [1.82, 2.24) is 5.32 Å². The van der Waals surface area contributed by atoms with Crippen LogP contribution in [-0.4, -0.2) is 36.8 Å². The zero-order valence-electron chi connectivity index (χ0n) is 15.9. The van der Waals surface area contributed by atoms with E-state index in [1.54, 1.807) is 52.0 Å². The lowest BCUT2D eigenvalue weighted by molar-refractivity contribution is -0.154. The SMILES string of the molecule is CCOC(=O)C(NCC(=O)OC(C)(C)C)c1ccc(OC(C)C)cc1. The summed E-state index contributed by atoms with van der Waals surface area (Å²) in [5.74, 6) is -0.154. The molecule has 0 radical (unpaired) electrons. The van der Waals surface area contributed by atoms with Gasteiger partial charge in [0.2, 0.25) is 0 Å². The lowest BCUT2D eigenvalue weighted by atomic mass is 10.1. The Morgan fingerprint density at radius 2 is 1.72 bits per heavy atom. The van der Waals surface area contributed by atoms with E-state index in [1.807, 2.05) is 13.8 Å². The van der Waals surface area contributed by atoms with Gasteiger partial charge in [0, 0.05) is 0 Å². The Bertz CT molecular complexity index is 560. The maximum absolute atomic E-state index is 12.2. The molecule has 1 aromatic carbocycles. The molecule has 6 heteroatoms. The first-order valence-electron chi connectivity index (χ1n) is 8.51. The Hall–Kier alpha value is -2.08. The normalized spacial score (nSPS) is 12.6. The highest BCUT2D eigenvalue weighted by Crippen LogP contribution is 2.20. The molecule has 0 spiro atoms. The largest absolute Gasteiger partial charge is 0.491 e. The number of nitrogens with one attached hydrogen (secondary N) is 1. The summed E-state index contributed by atoms with van der Waals surface area (Å²) in [4.78, 5) is 24.1. The quantitative estimate of drug-likeness (QED) is 0.726. The van der Waals surface area contributed by atoms with E-state index in [4.69, 9.17) is 14.2 Å². The summed E-state index contributed by atoms with van der Waals surface area (Å²) in [6.07, 6.45) is 0.0667. The van der Waals surface area contributed by atoms with Crippen LogP contribution < -0.4 is 10.1 Å². The van der Waals surface area contributed by atoms with Crippen LogP contribution in [-0.2, 0) is 19.1 Å². The molecule has 6 nitrogen and oxygen atoms in total. The van der Waals surface area contributed by atoms with Gasteiger partial charge in [0.15, 0.2) is 0 Å². The minimum absolute atomic E-state index is 0.0667. The van der Waals surface area contributed by atoms with Gasteiger partial charge < -0.3 is 14.2 Å². The zero-order valence-corrected chi connectivity index (χ0v) is 15.9. The zero-order chi connectivity index (χ0) is 19.0. The molecule has 0 saturated carbocycles. The maximum atomic E-state index is 12.2. The minimum atomic E-state index is -0.749. The Kier molecular flexibility index (Phi) is 7.90. The van der Waals surface area contributed by atoms with Crippen molar-refractivity contribution in [2.45, 2.75) is 59.3 Å². The van der Waals surface area contributed by atoms with Gasteiger partial charge in [-0.2, -0.15) is 0 Å². The van der Waals surface area contributed by atoms with Crippen molar-refractivity contribution in [1.29, 1.82) is 0 Å². The average molecular weight is 351 g/mol. The molecule has 0 aliphatic heterocycles. The number of benzene rings is 1. The van der Waals surface area contributed by atoms with Crippen molar-refractivity contribution in [3.8, 4) is 5.75 Å². The van der Waals surface area contributed by atoms with Gasteiger partial charge in [0.05, 0.1) is 19.3 Å². The second-order valence-corrected chi connectivity index (χ2v) is 6.89. The molecular weight excluding hydrogens is 322 g/mol. The average Bonchev–Trinajstić information content (AvgIpc) is 2.47. The highest BCUT2D eigenvalue weighted by molar-refractivity contribution is 5.79. The van der Waals surface area contributed by atoms with E-state index in [1.165, 1.54) is 0 Å². The molecule has 1 unspecified atom stereocenters. The molecule has 25 heavy (non-hydrogen) atoms. The first-order chi connectivity index (χ1) is 11.6. The molecule has 0 bridgehead atoms. The van der Waals surface area contributed by atoms with Crippen LogP contribution in [0.3, 0.4) is 0 Å². The first-order valence-corrected chi connectivity index (χ1v) is 8.51. The first kappa shape index (κ1) is 21.0. The highest BCUT2D eigenvalue weighted by atomic mass is 16.6. The molecule has 1 atom stereocenters. The molecule has 1 rings (SSSR count). The van der Waals surface area contributed by atoms with E-state index in [9.17, 15) is 9.59 Å². The Morgan fingerprint density at radius 1 is 1.12 bits per heavy atom. The molecule has 0 aliphatic rings. The van der Waals surface area contributed by atoms with Crippen LogP contribution in [0.2, 0.25) is 0 Å². The Morgan fingerprint density at radius 3 is 2.20 bits per heavy atom. The van der Waals surface area contributed by atoms with E-state index in [0.717, 1.165) is 0 Å². The van der Waals surface area contributed by atoms with Crippen molar-refractivity contribution in [3.63, 3.8) is 0 Å². The number of rotatable bonds is 8. The van der Waals surface area contributed by atoms with E-state index in [2.05, 4.69) is 5.32 Å². The van der Waals surface area contributed by atoms with Crippen LogP contribution in [0.15, 0.2) is 24.3 Å². The summed E-state index contributed by atoms with van der Waals surface area (Å²) in [5, 5.41) is 2.91. The smallest absolute Gasteiger partial charge is 0.327 e. The van der Waals surface area contributed by atoms with Gasteiger partial charge in [-0.3, -0.25) is 10.1 Å². The van der Waals surface area contributed by atoms with Gasteiger partial charge in [-0.15, -0.1) is 0 Å². The predicted octanol–water partition coefficient (Wildman–Crippen LogP) is 3.01. The molecule has 0 heterocycles. The fraction of sp³-hybridized carbons (Fsp3) is 0.579. The summed E-state index contributed by atoms with van der Waals surface area (Å²) >= 11 is 0. The third kappa shape index (κ3) is 8.03. The monoisotopic (exact) mass is 351 g/mol. The number of carbonyl (C=O) groups is 2. The lowest BCUT2D eigenvalue weighted by Gasteiger charge is -2.22. The third-order valence-electron chi connectivity index (χ3n) is 2.98. The van der Waals surface area contributed by atoms with Crippen LogP contribution in [0, 0.1) is 0 Å². The number of carbonyl (C=O) groups excluding carboxylic acids is 2. The van der Waals surface area contributed by atoms with Crippen LogP contribution in [0.5, 0.6) is 5.75 Å². The molecule has 0 saturated heterocycles. The Labute approximate surface area is 149 Å². The number of ether oxygens (including phenoxy) is 3. The van der Waals surface area contributed by atoms with Crippen molar-refractivity contribution >= 4 is 11.9 Å². The molecule has 0 aromatic heterocycles. The fourth-order valence-corrected chi connectivity index (χ4v) is 2.14. The maximum Gasteiger partial charge on any atom is 0.327 e. The van der Waals surface area contributed by atoms with E-state index in [-0.39, 0.29) is 19.3 Å². The van der Waals surface area contributed by atoms with Crippen LogP contribution >= 0.6 is 0 Å². The molecule has 140 valence electrons. The second-order valence-electron chi connectivity index (χ2n) is 6.89. The molecule has 0 aliphatic carbocycles. The summed E-state index contributed by atoms with van der Waals surface area (Å²) in [5.41, 5.74) is 0.117. The molecule has 0 amide bonds. The summed E-state index contributed by atoms with van der Waals surface area (Å²) in [6, 6.07) is 6.39.